The Labute approximate surface area is 173 Å². The van der Waals surface area contributed by atoms with Gasteiger partial charge in [-0.2, -0.15) is 0 Å². The summed E-state index contributed by atoms with van der Waals surface area (Å²) in [6, 6.07) is 9.84. The van der Waals surface area contributed by atoms with E-state index in [1.807, 2.05) is 35.7 Å². The van der Waals surface area contributed by atoms with Crippen molar-refractivity contribution in [1.82, 2.24) is 9.97 Å². The summed E-state index contributed by atoms with van der Waals surface area (Å²) in [5.41, 5.74) is 8.84. The molecule has 0 atom stereocenters. The van der Waals surface area contributed by atoms with Crippen LogP contribution in [0, 0.1) is 0 Å². The lowest BCUT2D eigenvalue weighted by Crippen LogP contribution is -2.39. The van der Waals surface area contributed by atoms with Gasteiger partial charge in [-0.3, -0.25) is 4.98 Å². The molecule has 0 aliphatic carbocycles. The maximum Gasteiger partial charge on any atom is 0.138 e. The third-order valence-corrected chi connectivity index (χ3v) is 7.28. The van der Waals surface area contributed by atoms with Crippen molar-refractivity contribution in [2.24, 2.45) is 0 Å². The maximum atomic E-state index is 6.27. The lowest BCUT2D eigenvalue weighted by atomic mass is 9.93. The van der Waals surface area contributed by atoms with Gasteiger partial charge in [0.2, 0.25) is 0 Å². The summed E-state index contributed by atoms with van der Waals surface area (Å²) in [6.45, 7) is 9.34. The number of hydrogen-bond donors (Lipinski definition) is 2. The molecule has 5 nitrogen and oxygen atoms in total. The second-order valence-electron chi connectivity index (χ2n) is 8.35. The number of rotatable bonds is 7. The van der Waals surface area contributed by atoms with E-state index < -0.39 is 0 Å². The Morgan fingerprint density at radius 1 is 1.14 bits per heavy atom. The van der Waals surface area contributed by atoms with Gasteiger partial charge in [0, 0.05) is 51.9 Å². The fourth-order valence-electron chi connectivity index (χ4n) is 2.41. The molecule has 148 valence electrons. The van der Waals surface area contributed by atoms with E-state index in [-0.39, 0.29) is 10.6 Å². The SMILES string of the molecule is CC(C)([SiH3])C(C)(C)Oc1ccc(CNc2csc(-c3ccncc3)n2)c(N)c1. The zero-order valence-corrected chi connectivity index (χ0v) is 19.9. The van der Waals surface area contributed by atoms with Crippen LogP contribution in [-0.2, 0) is 6.54 Å². The molecule has 2 heterocycles. The van der Waals surface area contributed by atoms with E-state index in [4.69, 9.17) is 10.5 Å². The van der Waals surface area contributed by atoms with Gasteiger partial charge in [0.25, 0.3) is 0 Å². The van der Waals surface area contributed by atoms with Gasteiger partial charge in [0.1, 0.15) is 22.2 Å². The fraction of sp³-hybridized carbons (Fsp3) is 0.333. The van der Waals surface area contributed by atoms with Gasteiger partial charge in [0.05, 0.1) is 0 Å². The second kappa shape index (κ2) is 7.93. The van der Waals surface area contributed by atoms with Crippen LogP contribution in [0.25, 0.3) is 10.6 Å². The molecular weight excluding hydrogens is 384 g/mol. The molecule has 28 heavy (non-hydrogen) atoms. The maximum absolute atomic E-state index is 6.27. The van der Waals surface area contributed by atoms with E-state index in [0.29, 0.717) is 6.54 Å². The Morgan fingerprint density at radius 3 is 2.50 bits per heavy atom. The molecule has 0 radical (unpaired) electrons. The number of nitrogen functional groups attached to an aromatic ring is 1. The Bertz CT molecular complexity index is 935. The summed E-state index contributed by atoms with van der Waals surface area (Å²) in [4.78, 5) is 8.68. The third kappa shape index (κ3) is 4.72. The molecule has 2 aromatic heterocycles. The highest BCUT2D eigenvalue weighted by atomic mass is 32.1. The molecule has 0 bridgehead atoms. The van der Waals surface area contributed by atoms with Crippen molar-refractivity contribution in [2.45, 2.75) is 44.9 Å². The van der Waals surface area contributed by atoms with Crippen LogP contribution in [0.5, 0.6) is 5.75 Å². The molecule has 0 aliphatic rings. The van der Waals surface area contributed by atoms with Crippen LogP contribution in [0.1, 0.15) is 33.3 Å². The third-order valence-electron chi connectivity index (χ3n) is 5.19. The van der Waals surface area contributed by atoms with Crippen molar-refractivity contribution in [3.63, 3.8) is 0 Å². The highest BCUT2D eigenvalue weighted by Gasteiger charge is 2.34. The van der Waals surface area contributed by atoms with Gasteiger partial charge in [-0.15, -0.1) is 11.3 Å². The molecule has 0 saturated carbocycles. The summed E-state index contributed by atoms with van der Waals surface area (Å²) in [5, 5.41) is 6.48. The summed E-state index contributed by atoms with van der Waals surface area (Å²) in [5.74, 6) is 1.65. The van der Waals surface area contributed by atoms with Crippen LogP contribution < -0.4 is 15.8 Å². The van der Waals surface area contributed by atoms with Gasteiger partial charge in [-0.1, -0.05) is 19.9 Å². The van der Waals surface area contributed by atoms with Gasteiger partial charge in [0.15, 0.2) is 0 Å². The zero-order valence-electron chi connectivity index (χ0n) is 17.1. The molecule has 3 rings (SSSR count). The van der Waals surface area contributed by atoms with Crippen molar-refractivity contribution < 1.29 is 4.74 Å². The first-order chi connectivity index (χ1) is 13.2. The lowest BCUT2D eigenvalue weighted by molar-refractivity contribution is 0.0695. The zero-order chi connectivity index (χ0) is 20.4. The molecule has 0 spiro atoms. The summed E-state index contributed by atoms with van der Waals surface area (Å²) in [6.07, 6.45) is 3.55. The number of benzene rings is 1. The number of nitrogens with two attached hydrogens (primary N) is 1. The second-order valence-corrected chi connectivity index (χ2v) is 11.7. The molecular formula is C21H28N4OSSi. The van der Waals surface area contributed by atoms with Crippen molar-refractivity contribution in [2.75, 3.05) is 11.1 Å². The van der Waals surface area contributed by atoms with Crippen LogP contribution in [0.4, 0.5) is 11.5 Å². The van der Waals surface area contributed by atoms with Crippen LogP contribution in [0.3, 0.4) is 0 Å². The van der Waals surface area contributed by atoms with E-state index in [9.17, 15) is 0 Å². The predicted octanol–water partition coefficient (Wildman–Crippen LogP) is 4.12. The average molecular weight is 413 g/mol. The number of thiazole rings is 1. The first-order valence-corrected chi connectivity index (χ1v) is 11.2. The Morgan fingerprint density at radius 2 is 1.86 bits per heavy atom. The molecule has 1 aromatic carbocycles. The minimum atomic E-state index is -0.241. The summed E-state index contributed by atoms with van der Waals surface area (Å²) in [7, 11) is 1.05. The van der Waals surface area contributed by atoms with Crippen molar-refractivity contribution >= 4 is 33.1 Å². The Hall–Kier alpha value is -2.38. The molecule has 7 heteroatoms. The highest BCUT2D eigenvalue weighted by Crippen LogP contribution is 2.38. The Balaban J connectivity index is 1.65. The quantitative estimate of drug-likeness (QED) is 0.451. The summed E-state index contributed by atoms with van der Waals surface area (Å²) >= 11 is 1.60. The van der Waals surface area contributed by atoms with Crippen LogP contribution in [0.2, 0.25) is 5.04 Å². The summed E-state index contributed by atoms with van der Waals surface area (Å²) < 4.78 is 6.24. The van der Waals surface area contributed by atoms with Crippen molar-refractivity contribution in [3.05, 3.63) is 53.7 Å². The number of anilines is 2. The molecule has 0 amide bonds. The van der Waals surface area contributed by atoms with E-state index in [2.05, 4.69) is 43.0 Å². The van der Waals surface area contributed by atoms with Crippen LogP contribution >= 0.6 is 11.3 Å². The minimum absolute atomic E-state index is 0.152. The highest BCUT2D eigenvalue weighted by molar-refractivity contribution is 7.13. The molecule has 0 fully saturated rings. The van der Waals surface area contributed by atoms with Crippen molar-refractivity contribution in [1.29, 1.82) is 0 Å². The smallest absolute Gasteiger partial charge is 0.138 e. The Kier molecular flexibility index (Phi) is 5.76. The number of nitrogens with zero attached hydrogens (tertiary/aromatic N) is 2. The first kappa shape index (κ1) is 20.4. The van der Waals surface area contributed by atoms with Crippen LogP contribution in [-0.4, -0.2) is 25.8 Å². The number of aromatic nitrogens is 2. The number of pyridine rings is 1. The van der Waals surface area contributed by atoms with Gasteiger partial charge >= 0.3 is 0 Å². The van der Waals surface area contributed by atoms with Gasteiger partial charge in [-0.25, -0.2) is 4.98 Å². The van der Waals surface area contributed by atoms with E-state index >= 15 is 0 Å². The molecule has 3 aromatic rings. The molecule has 3 N–H and O–H groups in total. The standard InChI is InChI=1S/C21H28N4OSSi/c1-20(2,21(3,4)28)26-16-6-5-15(17(22)11-16)12-24-18-13-27-19(25-18)14-7-9-23-10-8-14/h5-11,13,24H,12,22H2,1-4,28H3. The number of ether oxygens (including phenoxy) is 1. The fourth-order valence-corrected chi connectivity index (χ4v) is 3.30. The lowest BCUT2D eigenvalue weighted by Gasteiger charge is -2.39. The number of hydrogen-bond acceptors (Lipinski definition) is 6. The average Bonchev–Trinajstić information content (AvgIpc) is 3.09. The molecule has 0 unspecified atom stereocenters. The number of nitrogens with one attached hydrogen (secondary N) is 1. The van der Waals surface area contributed by atoms with E-state index in [0.717, 1.165) is 43.6 Å². The normalized spacial score (nSPS) is 12.1. The van der Waals surface area contributed by atoms with Crippen LogP contribution in [0.15, 0.2) is 48.1 Å². The predicted molar refractivity (Wildman–Crippen MR) is 122 cm³/mol. The first-order valence-electron chi connectivity index (χ1n) is 9.33. The topological polar surface area (TPSA) is 73.1 Å². The van der Waals surface area contributed by atoms with Gasteiger partial charge in [-0.05, 0) is 42.6 Å². The van der Waals surface area contributed by atoms with Crippen molar-refractivity contribution in [3.8, 4) is 16.3 Å². The largest absolute Gasteiger partial charge is 0.488 e. The molecule has 0 aliphatic heterocycles. The minimum Gasteiger partial charge on any atom is -0.488 e. The van der Waals surface area contributed by atoms with Gasteiger partial charge < -0.3 is 15.8 Å². The molecule has 0 saturated heterocycles. The van der Waals surface area contributed by atoms with E-state index in [1.165, 1.54) is 0 Å². The monoisotopic (exact) mass is 412 g/mol. The van der Waals surface area contributed by atoms with E-state index in [1.54, 1.807) is 23.7 Å².